The highest BCUT2D eigenvalue weighted by Crippen LogP contribution is 2.58. The monoisotopic (exact) mass is 1950 g/mol. The summed E-state index contributed by atoms with van der Waals surface area (Å²) in [6.07, 6.45) is 1.54. The van der Waals surface area contributed by atoms with E-state index in [1.54, 1.807) is 166 Å². The predicted molar refractivity (Wildman–Crippen MR) is 599 cm³/mol. The van der Waals surface area contributed by atoms with Gasteiger partial charge in [0.05, 0.1) is 82.6 Å². The summed E-state index contributed by atoms with van der Waals surface area (Å²) in [5.41, 5.74) is 17.3. The van der Waals surface area contributed by atoms with E-state index in [0.29, 0.717) is 135 Å². The molecule has 0 amide bonds. The molecule has 146 heavy (non-hydrogen) atoms. The number of ether oxygens (including phenoxy) is 3. The number of thiazole rings is 1. The van der Waals surface area contributed by atoms with Gasteiger partial charge in [-0.1, -0.05) is 268 Å². The lowest BCUT2D eigenvalue weighted by Crippen LogP contribution is -2.26. The number of aromatic nitrogens is 10. The molecule has 3 unspecified atom stereocenters. The molecule has 3 aliphatic heterocycles. The SMILES string of the molecule is [2H]C([2H])([2H])c1ccc(-c2c(C)ccc3c2Oc2ncccc2C3(C)C([2H])([2H])[2H])cc1-c1cc(-c2c(C)ccc3c2oc2nc4ccccc4n23)ccc1C([2H])([2H])[2H].[2H]C([2H])([2H])c1ccc(-c2c(C)ccc3c2sc2nc4ccccc4n23)cc1-c1nc(-c2c(C)ccc3c2Oc2ccccc2C3(C)C([2H])([2H])[2H])ccc1C([2H])([2H])[2H].[2H]C([2H])([2H])c1ccc(-n2c3ccccc3n3c4ccccc4nc23)cc1-c1nc(-c2c(C(C)(C)C)ccc3c2Oc2ccccc2C3(C)C([2H])([2H])[2H])ccc1C([2H])([2H])[2H]. The zero-order valence-corrected chi connectivity index (χ0v) is 81.9. The van der Waals surface area contributed by atoms with Gasteiger partial charge in [0.25, 0.3) is 0 Å². The topological polar surface area (TPSA) is 136 Å². The van der Waals surface area contributed by atoms with Crippen LogP contribution in [0.5, 0.6) is 34.6 Å². The lowest BCUT2D eigenvalue weighted by atomic mass is 9.72. The van der Waals surface area contributed by atoms with Gasteiger partial charge in [-0.05, 0) is 285 Å². The van der Waals surface area contributed by atoms with Crippen molar-refractivity contribution >= 4 is 93.4 Å². The van der Waals surface area contributed by atoms with Crippen LogP contribution >= 0.6 is 11.3 Å². The highest BCUT2D eigenvalue weighted by atomic mass is 32.1. The summed E-state index contributed by atoms with van der Waals surface area (Å²) < 4.78 is 269. The second-order valence-corrected chi connectivity index (χ2v) is 40.5. The quantitative estimate of drug-likeness (QED) is 0.137. The number of fused-ring (bicyclic) bond motifs is 21. The maximum Gasteiger partial charge on any atom is 0.307 e. The normalized spacial score (nSPS) is 19.1. The smallest absolute Gasteiger partial charge is 0.307 e. The van der Waals surface area contributed by atoms with Crippen molar-refractivity contribution in [2.45, 2.75) is 153 Å². The first kappa shape index (κ1) is 65.5. The molecule has 0 spiro atoms. The Balaban J connectivity index is 0.000000129. The van der Waals surface area contributed by atoms with E-state index in [2.05, 4.69) is 15.5 Å². The summed E-state index contributed by atoms with van der Waals surface area (Å²) in [4.78, 5) is 29.9. The fraction of sp³-hybridized carbons (Fsp3) is 0.176. The minimum absolute atomic E-state index is 0.0101. The van der Waals surface area contributed by atoms with Crippen LogP contribution in [0.15, 0.2) is 326 Å². The fourth-order valence-electron chi connectivity index (χ4n) is 21.8. The van der Waals surface area contributed by atoms with Crippen LogP contribution in [0.2, 0.25) is 0 Å². The highest BCUT2D eigenvalue weighted by molar-refractivity contribution is 7.24. The molecule has 0 saturated heterocycles. The van der Waals surface area contributed by atoms with E-state index < -0.39 is 83.3 Å². The molecular weight excluding hydrogens is 1810 g/mol. The molecule has 0 aliphatic carbocycles. The number of hydrogen-bond acceptors (Lipinski definition) is 11. The minimum Gasteiger partial charge on any atom is -0.456 e. The Morgan fingerprint density at radius 1 is 0.329 bits per heavy atom. The van der Waals surface area contributed by atoms with E-state index in [1.807, 2.05) is 195 Å². The van der Waals surface area contributed by atoms with Crippen molar-refractivity contribution in [1.29, 1.82) is 0 Å². The van der Waals surface area contributed by atoms with Crippen molar-refractivity contribution in [2.75, 3.05) is 0 Å². The van der Waals surface area contributed by atoms with E-state index in [0.717, 1.165) is 92.6 Å². The van der Waals surface area contributed by atoms with Crippen LogP contribution < -0.4 is 14.2 Å². The van der Waals surface area contributed by atoms with Gasteiger partial charge in [0.15, 0.2) is 10.5 Å². The molecule has 24 aromatic rings. The second kappa shape index (κ2) is 33.8. The molecule has 714 valence electrons. The van der Waals surface area contributed by atoms with Crippen LogP contribution in [0, 0.1) is 68.8 Å². The summed E-state index contributed by atoms with van der Waals surface area (Å²) in [5, 5.41) is 0. The zero-order chi connectivity index (χ0) is 123. The van der Waals surface area contributed by atoms with Crippen molar-refractivity contribution in [1.82, 2.24) is 47.7 Å². The molecule has 0 fully saturated rings. The molecule has 9 aromatic heterocycles. The van der Waals surface area contributed by atoms with Gasteiger partial charge >= 0.3 is 5.84 Å². The maximum absolute atomic E-state index is 8.81. The van der Waals surface area contributed by atoms with Crippen LogP contribution in [0.4, 0.5) is 0 Å². The van der Waals surface area contributed by atoms with E-state index in [-0.39, 0.29) is 78.7 Å². The number of pyridine rings is 3. The van der Waals surface area contributed by atoms with Gasteiger partial charge < -0.3 is 18.6 Å². The number of aryl methyl sites for hydroxylation is 10. The molecular formula is C131H110N10O4S. The molecule has 0 bridgehead atoms. The number of nitrogens with zero attached hydrogens (tertiary/aromatic N) is 10. The van der Waals surface area contributed by atoms with Crippen molar-refractivity contribution in [2.24, 2.45) is 0 Å². The zero-order valence-electron chi connectivity index (χ0n) is 108. The van der Waals surface area contributed by atoms with Gasteiger partial charge in [-0.15, -0.1) is 0 Å². The number of imidazole rings is 4. The maximum atomic E-state index is 8.81. The Labute approximate surface area is 891 Å². The van der Waals surface area contributed by atoms with Crippen LogP contribution in [0.25, 0.3) is 177 Å². The van der Waals surface area contributed by atoms with Gasteiger partial charge in [0, 0.05) is 137 Å². The Bertz CT molecular complexity index is 10400. The Kier molecular flexibility index (Phi) is 15.2. The first-order valence-corrected chi connectivity index (χ1v) is 49.0. The summed E-state index contributed by atoms with van der Waals surface area (Å²) in [5.74, 6) is 2.83. The van der Waals surface area contributed by atoms with Crippen molar-refractivity contribution in [3.05, 3.63) is 416 Å². The number of hydrogen-bond donors (Lipinski definition) is 0. The number of oxazole rings is 1. The predicted octanol–water partition coefficient (Wildman–Crippen LogP) is 34.6. The van der Waals surface area contributed by atoms with Crippen LogP contribution in [-0.4, -0.2) is 47.7 Å². The fourth-order valence-corrected chi connectivity index (χ4v) is 23.0. The Morgan fingerprint density at radius 3 is 1.39 bits per heavy atom. The Morgan fingerprint density at radius 2 is 0.774 bits per heavy atom. The first-order chi connectivity index (χ1) is 81.4. The van der Waals surface area contributed by atoms with Gasteiger partial charge in [-0.2, -0.15) is 4.98 Å². The molecule has 15 heteroatoms. The molecule has 15 aromatic carbocycles. The lowest BCUT2D eigenvalue weighted by molar-refractivity contribution is 0.403. The van der Waals surface area contributed by atoms with E-state index >= 15 is 0 Å². The second-order valence-electron chi connectivity index (χ2n) is 39.5. The van der Waals surface area contributed by atoms with Crippen molar-refractivity contribution in [3.63, 3.8) is 0 Å². The molecule has 3 atom stereocenters. The number of benzene rings is 15. The van der Waals surface area contributed by atoms with Crippen molar-refractivity contribution in [3.8, 4) is 130 Å². The van der Waals surface area contributed by atoms with Crippen LogP contribution in [-0.2, 0) is 21.7 Å². The molecule has 27 rings (SSSR count). The molecule has 3 aliphatic rings. The molecule has 14 nitrogen and oxygen atoms in total. The minimum atomic E-state index is -2.70. The van der Waals surface area contributed by atoms with Gasteiger partial charge in [-0.3, -0.25) is 17.8 Å². The summed E-state index contributed by atoms with van der Waals surface area (Å²) in [7, 11) is 0. The summed E-state index contributed by atoms with van der Waals surface area (Å²) in [6.45, 7) is -4.64. The number of para-hydroxylation sites is 10. The molecule has 0 radical (unpaired) electrons. The average molecular weight is 1950 g/mol. The Hall–Kier alpha value is -16.6. The van der Waals surface area contributed by atoms with Crippen LogP contribution in [0.1, 0.15) is 194 Å². The van der Waals surface area contributed by atoms with E-state index in [4.69, 9.17) is 80.6 Å². The third-order valence-corrected chi connectivity index (χ3v) is 30.2. The van der Waals surface area contributed by atoms with Gasteiger partial charge in [0.1, 0.15) is 28.7 Å². The summed E-state index contributed by atoms with van der Waals surface area (Å²) in [6, 6.07) is 93.5. The largest absolute Gasteiger partial charge is 0.456 e. The van der Waals surface area contributed by atoms with Gasteiger partial charge in [0.2, 0.25) is 11.7 Å². The first-order valence-electron chi connectivity index (χ1n) is 61.7. The average Bonchev–Trinajstić information content (AvgIpc) is 0.992. The molecule has 0 N–H and O–H groups in total. The van der Waals surface area contributed by atoms with E-state index in [1.165, 1.54) is 47.9 Å². The third-order valence-electron chi connectivity index (χ3n) is 29.1. The van der Waals surface area contributed by atoms with Crippen LogP contribution in [0.3, 0.4) is 0 Å². The van der Waals surface area contributed by atoms with Gasteiger partial charge in [-0.25, -0.2) is 24.9 Å². The van der Waals surface area contributed by atoms with Crippen molar-refractivity contribution < 1.29 is 55.6 Å². The lowest BCUT2D eigenvalue weighted by Gasteiger charge is -2.37. The third kappa shape index (κ3) is 14.3. The van der Waals surface area contributed by atoms with E-state index in [9.17, 15) is 0 Å². The number of rotatable bonds is 9. The standard InChI is InChI=1S/C45H40N4O.C43H35N3O2.C43H35N3OS/c1-27-20-22-29(48-37-17-11-12-18-38(37)49-36-16-10-9-15-34(36)47-43(48)49)26-30(27)41-28(2)21-25-35(46-41)40-32(44(3,4)5)23-24-33-42(40)50-39-19-13-8-14-31(39)45(33,6)7;1-24-13-17-28(37-26(3)15-19-32-39(37)47-41-33(43(32,5)6)10-9-21-44-41)22-30(24)31-23-29(18-14-25(31)2)38-27(4)16-20-36-40(38)48-42-45-34-11-7-8-12-35(34)46(36)42;1-24-15-19-28(37-25(2)18-22-35-41(37)48-42-45-32-12-8-9-13-34(32)46(35)42)23-29(24)39-27(4)17-21-33(44-39)38-26(3)16-20-31-40(38)47-36-14-10-7-11-30(36)43(31,5)6/h8-26H,1-7H3;2*7-23H,1-6H3/i1D3,2D3,6D3;1D3,2D3,5D3;1D3,4D3,5D3. The summed E-state index contributed by atoms with van der Waals surface area (Å²) >= 11 is 1.53. The molecule has 12 heterocycles. The molecule has 0 saturated carbocycles. The highest BCUT2D eigenvalue weighted by Gasteiger charge is 2.42.